The average molecular weight is 271 g/mol. The quantitative estimate of drug-likeness (QED) is 0.790. The van der Waals surface area contributed by atoms with Gasteiger partial charge in [0.15, 0.2) is 5.13 Å². The van der Waals surface area contributed by atoms with E-state index in [2.05, 4.69) is 20.4 Å². The second kappa shape index (κ2) is 4.99. The van der Waals surface area contributed by atoms with Gasteiger partial charge in [0.1, 0.15) is 17.7 Å². The Morgan fingerprint density at radius 1 is 1.26 bits per heavy atom. The Morgan fingerprint density at radius 3 is 2.84 bits per heavy atom. The van der Waals surface area contributed by atoms with Crippen LogP contribution in [0.4, 0.5) is 5.13 Å². The lowest BCUT2D eigenvalue weighted by atomic mass is 10.2. The molecule has 0 saturated carbocycles. The summed E-state index contributed by atoms with van der Waals surface area (Å²) in [7, 11) is 0. The molecule has 0 unspecified atom stereocenters. The number of rotatable bonds is 3. The van der Waals surface area contributed by atoms with Crippen LogP contribution in [0.2, 0.25) is 0 Å². The summed E-state index contributed by atoms with van der Waals surface area (Å²) in [6, 6.07) is 9.00. The molecule has 0 fully saturated rings. The van der Waals surface area contributed by atoms with Gasteiger partial charge in [-0.15, -0.1) is 0 Å². The molecule has 1 aromatic carbocycles. The highest BCUT2D eigenvalue weighted by Gasteiger charge is 2.09. The van der Waals surface area contributed by atoms with Gasteiger partial charge in [-0.2, -0.15) is 5.10 Å². The largest absolute Gasteiger partial charge is 0.298 e. The number of hydrogen-bond acceptors (Lipinski definition) is 5. The van der Waals surface area contributed by atoms with Crippen molar-refractivity contribution in [3.05, 3.63) is 54.7 Å². The molecule has 2 heterocycles. The van der Waals surface area contributed by atoms with Crippen LogP contribution in [0.15, 0.2) is 49.2 Å². The highest BCUT2D eigenvalue weighted by Crippen LogP contribution is 2.21. The van der Waals surface area contributed by atoms with Crippen molar-refractivity contribution in [3.8, 4) is 5.00 Å². The third-order valence-corrected chi connectivity index (χ3v) is 3.30. The monoisotopic (exact) mass is 271 g/mol. The molecule has 19 heavy (non-hydrogen) atoms. The van der Waals surface area contributed by atoms with E-state index in [0.29, 0.717) is 10.7 Å². The molecule has 3 rings (SSSR count). The zero-order valence-corrected chi connectivity index (χ0v) is 10.5. The first-order valence-corrected chi connectivity index (χ1v) is 6.32. The SMILES string of the molecule is O=C(Nc1ncc(-n2cncn2)s1)c1ccccc1. The normalized spacial score (nSPS) is 10.3. The average Bonchev–Trinajstić information content (AvgIpc) is 3.10. The Labute approximate surface area is 112 Å². The molecule has 0 spiro atoms. The van der Waals surface area contributed by atoms with Gasteiger partial charge in [-0.05, 0) is 12.1 Å². The van der Waals surface area contributed by atoms with Gasteiger partial charge in [-0.1, -0.05) is 29.5 Å². The molecule has 0 saturated heterocycles. The minimum Gasteiger partial charge on any atom is -0.298 e. The van der Waals surface area contributed by atoms with Gasteiger partial charge in [-0.3, -0.25) is 10.1 Å². The first-order chi connectivity index (χ1) is 9.33. The number of carbonyl (C=O) groups is 1. The summed E-state index contributed by atoms with van der Waals surface area (Å²) in [5, 5.41) is 8.07. The van der Waals surface area contributed by atoms with E-state index in [4.69, 9.17) is 0 Å². The van der Waals surface area contributed by atoms with Crippen molar-refractivity contribution in [3.63, 3.8) is 0 Å². The Kier molecular flexibility index (Phi) is 3.03. The Hall–Kier alpha value is -2.54. The molecule has 0 aliphatic rings. The van der Waals surface area contributed by atoms with Gasteiger partial charge in [-0.25, -0.2) is 14.6 Å². The minimum atomic E-state index is -0.180. The number of nitrogens with one attached hydrogen (secondary N) is 1. The minimum absolute atomic E-state index is 0.180. The van der Waals surface area contributed by atoms with E-state index in [-0.39, 0.29) is 5.91 Å². The van der Waals surface area contributed by atoms with Gasteiger partial charge >= 0.3 is 0 Å². The van der Waals surface area contributed by atoms with E-state index in [1.54, 1.807) is 29.3 Å². The van der Waals surface area contributed by atoms with Gasteiger partial charge in [0.25, 0.3) is 5.91 Å². The van der Waals surface area contributed by atoms with Gasteiger partial charge in [0.2, 0.25) is 0 Å². The van der Waals surface area contributed by atoms with Crippen LogP contribution in [0, 0.1) is 0 Å². The number of hydrogen-bond donors (Lipinski definition) is 1. The molecule has 0 atom stereocenters. The maximum absolute atomic E-state index is 11.9. The summed E-state index contributed by atoms with van der Waals surface area (Å²) in [6.45, 7) is 0. The van der Waals surface area contributed by atoms with Crippen molar-refractivity contribution < 1.29 is 4.79 Å². The Bertz CT molecular complexity index is 677. The van der Waals surface area contributed by atoms with Crippen LogP contribution in [0.1, 0.15) is 10.4 Å². The maximum atomic E-state index is 11.9. The second-order valence-electron chi connectivity index (χ2n) is 3.66. The summed E-state index contributed by atoms with van der Waals surface area (Å²) in [6.07, 6.45) is 4.66. The molecule has 1 amide bonds. The number of benzene rings is 1. The first kappa shape index (κ1) is 11.5. The summed E-state index contributed by atoms with van der Waals surface area (Å²) in [4.78, 5) is 19.9. The summed E-state index contributed by atoms with van der Waals surface area (Å²) < 4.78 is 1.59. The predicted molar refractivity (Wildman–Crippen MR) is 71.4 cm³/mol. The highest BCUT2D eigenvalue weighted by molar-refractivity contribution is 7.18. The smallest absolute Gasteiger partial charge is 0.257 e. The number of nitrogens with zero attached hydrogens (tertiary/aromatic N) is 4. The molecule has 0 radical (unpaired) electrons. The van der Waals surface area contributed by atoms with Crippen LogP contribution in [0.5, 0.6) is 0 Å². The number of anilines is 1. The fourth-order valence-corrected chi connectivity index (χ4v) is 2.25. The molecule has 2 aromatic heterocycles. The third-order valence-electron chi connectivity index (χ3n) is 2.39. The van der Waals surface area contributed by atoms with E-state index in [1.165, 1.54) is 17.7 Å². The van der Waals surface area contributed by atoms with Crippen LogP contribution < -0.4 is 5.32 Å². The number of carbonyl (C=O) groups excluding carboxylic acids is 1. The molecular weight excluding hydrogens is 262 g/mol. The van der Waals surface area contributed by atoms with Crippen molar-refractivity contribution in [2.45, 2.75) is 0 Å². The Morgan fingerprint density at radius 2 is 2.11 bits per heavy atom. The molecule has 0 aliphatic heterocycles. The number of thiazole rings is 1. The van der Waals surface area contributed by atoms with Crippen molar-refractivity contribution in [2.75, 3.05) is 5.32 Å². The topological polar surface area (TPSA) is 72.7 Å². The van der Waals surface area contributed by atoms with E-state index < -0.39 is 0 Å². The van der Waals surface area contributed by atoms with E-state index in [0.717, 1.165) is 5.00 Å². The fourth-order valence-electron chi connectivity index (χ4n) is 1.51. The lowest BCUT2D eigenvalue weighted by molar-refractivity contribution is 0.102. The van der Waals surface area contributed by atoms with E-state index >= 15 is 0 Å². The van der Waals surface area contributed by atoms with Crippen molar-refractivity contribution in [2.24, 2.45) is 0 Å². The third kappa shape index (κ3) is 2.50. The van der Waals surface area contributed by atoms with Crippen LogP contribution in [-0.4, -0.2) is 25.7 Å². The standard InChI is InChI=1S/C12H9N5OS/c18-11(9-4-2-1-3-5-9)16-12-14-6-10(19-12)17-8-13-7-15-17/h1-8H,(H,14,16,18). The highest BCUT2D eigenvalue weighted by atomic mass is 32.1. The van der Waals surface area contributed by atoms with E-state index in [9.17, 15) is 4.79 Å². The molecule has 0 bridgehead atoms. The summed E-state index contributed by atoms with van der Waals surface area (Å²) >= 11 is 1.33. The van der Waals surface area contributed by atoms with Crippen LogP contribution in [0.25, 0.3) is 5.00 Å². The predicted octanol–water partition coefficient (Wildman–Crippen LogP) is 1.98. The number of aromatic nitrogens is 4. The lowest BCUT2D eigenvalue weighted by Gasteiger charge is -2.00. The molecule has 0 aliphatic carbocycles. The zero-order chi connectivity index (χ0) is 13.1. The lowest BCUT2D eigenvalue weighted by Crippen LogP contribution is -2.11. The van der Waals surface area contributed by atoms with Gasteiger partial charge in [0, 0.05) is 5.56 Å². The molecule has 3 aromatic rings. The van der Waals surface area contributed by atoms with Crippen LogP contribution in [0.3, 0.4) is 0 Å². The fraction of sp³-hybridized carbons (Fsp3) is 0. The summed E-state index contributed by atoms with van der Waals surface area (Å²) in [5.74, 6) is -0.180. The molecule has 6 nitrogen and oxygen atoms in total. The molecule has 1 N–H and O–H groups in total. The molecule has 94 valence electrons. The maximum Gasteiger partial charge on any atom is 0.257 e. The summed E-state index contributed by atoms with van der Waals surface area (Å²) in [5.41, 5.74) is 0.597. The van der Waals surface area contributed by atoms with Gasteiger partial charge < -0.3 is 0 Å². The van der Waals surface area contributed by atoms with Crippen molar-refractivity contribution >= 4 is 22.4 Å². The Balaban J connectivity index is 1.76. The molecule has 7 heteroatoms. The first-order valence-electron chi connectivity index (χ1n) is 5.50. The van der Waals surface area contributed by atoms with Crippen molar-refractivity contribution in [1.29, 1.82) is 0 Å². The second-order valence-corrected chi connectivity index (χ2v) is 4.67. The van der Waals surface area contributed by atoms with Crippen LogP contribution in [-0.2, 0) is 0 Å². The van der Waals surface area contributed by atoms with Gasteiger partial charge in [0.05, 0.1) is 6.20 Å². The van der Waals surface area contributed by atoms with Crippen LogP contribution >= 0.6 is 11.3 Å². The van der Waals surface area contributed by atoms with Crippen molar-refractivity contribution in [1.82, 2.24) is 19.7 Å². The number of amides is 1. The molecular formula is C12H9N5OS. The zero-order valence-electron chi connectivity index (χ0n) is 9.72. The van der Waals surface area contributed by atoms with E-state index in [1.807, 2.05) is 18.2 Å².